The van der Waals surface area contributed by atoms with Crippen molar-refractivity contribution in [3.8, 4) is 17.2 Å². The van der Waals surface area contributed by atoms with Crippen LogP contribution in [0.3, 0.4) is 0 Å². The number of ether oxygens (including phenoxy) is 3. The number of carbonyl (C=O) groups is 1. The van der Waals surface area contributed by atoms with Gasteiger partial charge in [-0.2, -0.15) is 0 Å². The molecular formula is C19H21NO4. The lowest BCUT2D eigenvalue weighted by molar-refractivity contribution is 0.0772. The maximum absolute atomic E-state index is 12.7. The molecule has 1 atom stereocenters. The highest BCUT2D eigenvalue weighted by molar-refractivity contribution is 5.95. The van der Waals surface area contributed by atoms with Crippen molar-refractivity contribution in [2.24, 2.45) is 0 Å². The molecule has 1 heterocycles. The molecule has 1 amide bonds. The maximum Gasteiger partial charge on any atom is 0.254 e. The van der Waals surface area contributed by atoms with Crippen LogP contribution in [0.15, 0.2) is 48.5 Å². The minimum atomic E-state index is -0.0184. The molecule has 126 valence electrons. The number of nitrogens with zero attached hydrogens (tertiary/aromatic N) is 1. The summed E-state index contributed by atoms with van der Waals surface area (Å²) in [5, 5.41) is 0. The third-order valence-electron chi connectivity index (χ3n) is 4.11. The molecule has 24 heavy (non-hydrogen) atoms. The van der Waals surface area contributed by atoms with Crippen LogP contribution in [-0.2, 0) is 0 Å². The van der Waals surface area contributed by atoms with Crippen molar-refractivity contribution in [2.75, 3.05) is 27.3 Å². The fourth-order valence-electron chi connectivity index (χ4n) is 2.85. The lowest BCUT2D eigenvalue weighted by Gasteiger charge is -2.18. The standard InChI is InChI=1S/C19H21NO4/c1-22-17-9-8-14(12-18(17)23-2)19(21)20-11-10-16(13-20)24-15-6-4-3-5-7-15/h3-9,12,16H,10-11,13H2,1-2H3. The average molecular weight is 327 g/mol. The summed E-state index contributed by atoms with van der Waals surface area (Å²) in [5.74, 6) is 1.98. The van der Waals surface area contributed by atoms with Gasteiger partial charge in [-0.05, 0) is 30.3 Å². The monoisotopic (exact) mass is 327 g/mol. The highest BCUT2D eigenvalue weighted by Crippen LogP contribution is 2.28. The summed E-state index contributed by atoms with van der Waals surface area (Å²) >= 11 is 0. The molecule has 5 heteroatoms. The first-order chi connectivity index (χ1) is 11.7. The van der Waals surface area contributed by atoms with Crippen LogP contribution in [0.25, 0.3) is 0 Å². The third-order valence-corrected chi connectivity index (χ3v) is 4.11. The van der Waals surface area contributed by atoms with Crippen LogP contribution in [0.2, 0.25) is 0 Å². The topological polar surface area (TPSA) is 48.0 Å². The maximum atomic E-state index is 12.7. The molecule has 0 saturated carbocycles. The van der Waals surface area contributed by atoms with Gasteiger partial charge >= 0.3 is 0 Å². The molecule has 5 nitrogen and oxygen atoms in total. The second kappa shape index (κ2) is 7.25. The number of hydrogen-bond donors (Lipinski definition) is 0. The summed E-state index contributed by atoms with van der Waals surface area (Å²) in [6.07, 6.45) is 0.852. The number of para-hydroxylation sites is 1. The number of carbonyl (C=O) groups excluding carboxylic acids is 1. The van der Waals surface area contributed by atoms with Gasteiger partial charge in [-0.15, -0.1) is 0 Å². The van der Waals surface area contributed by atoms with Crippen LogP contribution in [-0.4, -0.2) is 44.2 Å². The van der Waals surface area contributed by atoms with Gasteiger partial charge in [0.25, 0.3) is 5.91 Å². The van der Waals surface area contributed by atoms with Gasteiger partial charge in [-0.25, -0.2) is 0 Å². The van der Waals surface area contributed by atoms with Crippen LogP contribution in [0.1, 0.15) is 16.8 Å². The second-order valence-electron chi connectivity index (χ2n) is 5.66. The predicted octanol–water partition coefficient (Wildman–Crippen LogP) is 3.00. The summed E-state index contributed by atoms with van der Waals surface area (Å²) in [5.41, 5.74) is 0.591. The molecule has 0 N–H and O–H groups in total. The summed E-state index contributed by atoms with van der Waals surface area (Å²) in [7, 11) is 3.14. The Labute approximate surface area is 141 Å². The van der Waals surface area contributed by atoms with E-state index in [0.717, 1.165) is 12.2 Å². The Morgan fingerprint density at radius 2 is 1.79 bits per heavy atom. The minimum absolute atomic E-state index is 0.0184. The van der Waals surface area contributed by atoms with Gasteiger partial charge in [0.15, 0.2) is 11.5 Å². The summed E-state index contributed by atoms with van der Waals surface area (Å²) < 4.78 is 16.4. The number of methoxy groups -OCH3 is 2. The molecule has 0 radical (unpaired) electrons. The molecule has 3 rings (SSSR count). The number of benzene rings is 2. The third kappa shape index (κ3) is 3.45. The van der Waals surface area contributed by atoms with Crippen molar-refractivity contribution in [3.63, 3.8) is 0 Å². The number of likely N-dealkylation sites (tertiary alicyclic amines) is 1. The van der Waals surface area contributed by atoms with E-state index < -0.39 is 0 Å². The first-order valence-corrected chi connectivity index (χ1v) is 7.94. The Hall–Kier alpha value is -2.69. The Morgan fingerprint density at radius 1 is 1.04 bits per heavy atom. The first kappa shape index (κ1) is 16.2. The van der Waals surface area contributed by atoms with Crippen molar-refractivity contribution in [2.45, 2.75) is 12.5 Å². The van der Waals surface area contributed by atoms with Crippen LogP contribution >= 0.6 is 0 Å². The van der Waals surface area contributed by atoms with Crippen molar-refractivity contribution < 1.29 is 19.0 Å². The van der Waals surface area contributed by atoms with Crippen LogP contribution in [0.5, 0.6) is 17.2 Å². The predicted molar refractivity (Wildman–Crippen MR) is 90.9 cm³/mol. The number of hydrogen-bond acceptors (Lipinski definition) is 4. The molecule has 0 bridgehead atoms. The van der Waals surface area contributed by atoms with Crippen LogP contribution in [0, 0.1) is 0 Å². The van der Waals surface area contributed by atoms with Gasteiger partial charge in [0.05, 0.1) is 20.8 Å². The van der Waals surface area contributed by atoms with E-state index in [1.807, 2.05) is 35.2 Å². The molecular weight excluding hydrogens is 306 g/mol. The molecule has 2 aromatic rings. The lowest BCUT2D eigenvalue weighted by Crippen LogP contribution is -2.30. The molecule has 1 unspecified atom stereocenters. The molecule has 1 saturated heterocycles. The number of amides is 1. The van der Waals surface area contributed by atoms with Crippen molar-refractivity contribution >= 4 is 5.91 Å². The average Bonchev–Trinajstić information content (AvgIpc) is 3.09. The highest BCUT2D eigenvalue weighted by atomic mass is 16.5. The van der Waals surface area contributed by atoms with E-state index in [0.29, 0.717) is 30.2 Å². The molecule has 1 aliphatic heterocycles. The van der Waals surface area contributed by atoms with Gasteiger partial charge in [0, 0.05) is 18.5 Å². The van der Waals surface area contributed by atoms with E-state index in [9.17, 15) is 4.79 Å². The quantitative estimate of drug-likeness (QED) is 0.847. The molecule has 1 fully saturated rings. The minimum Gasteiger partial charge on any atom is -0.493 e. The van der Waals surface area contributed by atoms with Gasteiger partial charge in [0.2, 0.25) is 0 Å². The number of rotatable bonds is 5. The van der Waals surface area contributed by atoms with Crippen LogP contribution in [0.4, 0.5) is 0 Å². The Kier molecular flexibility index (Phi) is 4.89. The zero-order valence-corrected chi connectivity index (χ0v) is 13.9. The smallest absolute Gasteiger partial charge is 0.254 e. The van der Waals surface area contributed by atoms with Gasteiger partial charge in [-0.3, -0.25) is 4.79 Å². The van der Waals surface area contributed by atoms with Gasteiger partial charge < -0.3 is 19.1 Å². The van der Waals surface area contributed by atoms with E-state index in [-0.39, 0.29) is 12.0 Å². The zero-order chi connectivity index (χ0) is 16.9. The summed E-state index contributed by atoms with van der Waals surface area (Å²) in [6.45, 7) is 1.27. The largest absolute Gasteiger partial charge is 0.493 e. The molecule has 0 aliphatic carbocycles. The van der Waals surface area contributed by atoms with Crippen molar-refractivity contribution in [1.82, 2.24) is 4.90 Å². The van der Waals surface area contributed by atoms with Gasteiger partial charge in [0.1, 0.15) is 11.9 Å². The Morgan fingerprint density at radius 3 is 2.50 bits per heavy atom. The summed E-state index contributed by atoms with van der Waals surface area (Å²) in [6, 6.07) is 14.9. The summed E-state index contributed by atoms with van der Waals surface area (Å²) in [4.78, 5) is 14.5. The normalized spacial score (nSPS) is 16.8. The first-order valence-electron chi connectivity index (χ1n) is 7.94. The van der Waals surface area contributed by atoms with E-state index in [1.165, 1.54) is 0 Å². The van der Waals surface area contributed by atoms with E-state index >= 15 is 0 Å². The van der Waals surface area contributed by atoms with E-state index in [2.05, 4.69) is 0 Å². The molecule has 2 aromatic carbocycles. The van der Waals surface area contributed by atoms with Gasteiger partial charge in [-0.1, -0.05) is 18.2 Å². The molecule has 1 aliphatic rings. The van der Waals surface area contributed by atoms with E-state index in [4.69, 9.17) is 14.2 Å². The van der Waals surface area contributed by atoms with Crippen molar-refractivity contribution in [3.05, 3.63) is 54.1 Å². The SMILES string of the molecule is COc1ccc(C(=O)N2CCC(Oc3ccccc3)C2)cc1OC. The second-order valence-corrected chi connectivity index (χ2v) is 5.66. The highest BCUT2D eigenvalue weighted by Gasteiger charge is 2.28. The molecule has 0 aromatic heterocycles. The lowest BCUT2D eigenvalue weighted by atomic mass is 10.1. The van der Waals surface area contributed by atoms with E-state index in [1.54, 1.807) is 32.4 Å². The Balaban J connectivity index is 1.66. The Bertz CT molecular complexity index is 702. The zero-order valence-electron chi connectivity index (χ0n) is 13.9. The van der Waals surface area contributed by atoms with Crippen molar-refractivity contribution in [1.29, 1.82) is 0 Å². The van der Waals surface area contributed by atoms with Crippen LogP contribution < -0.4 is 14.2 Å². The molecule has 0 spiro atoms. The fraction of sp³-hybridized carbons (Fsp3) is 0.316. The fourth-order valence-corrected chi connectivity index (χ4v) is 2.85.